The summed E-state index contributed by atoms with van der Waals surface area (Å²) in [7, 11) is -0.0382. The molecule has 2 nitrogen and oxygen atoms in total. The van der Waals surface area contributed by atoms with Gasteiger partial charge in [0.25, 0.3) is 0 Å². The minimum Gasteiger partial charge on any atom is -0.544 e. The highest BCUT2D eigenvalue weighted by Crippen LogP contribution is 2.48. The molecule has 1 aliphatic rings. The van der Waals surface area contributed by atoms with Crippen molar-refractivity contribution in [2.24, 2.45) is 5.92 Å². The van der Waals surface area contributed by atoms with Gasteiger partial charge in [-0.15, -0.1) is 0 Å². The fraction of sp³-hybridized carbons (Fsp3) is 0.556. The second-order valence-corrected chi connectivity index (χ2v) is 12.2. The number of allylic oxidation sites excluding steroid dienone is 1. The van der Waals surface area contributed by atoms with Crippen molar-refractivity contribution in [1.29, 1.82) is 0 Å². The molecule has 2 rings (SSSR count). The lowest BCUT2D eigenvalue weighted by molar-refractivity contribution is 0.336. The molecule has 0 N–H and O–H groups in total. The van der Waals surface area contributed by atoms with Gasteiger partial charge in [0.1, 0.15) is 5.75 Å². The number of hydrogen-bond donors (Lipinski definition) is 0. The summed E-state index contributed by atoms with van der Waals surface area (Å²) in [6.07, 6.45) is 5.17. The first kappa shape index (κ1) is 16.2. The topological polar surface area (TPSA) is 18.5 Å². The molecule has 21 heavy (non-hydrogen) atoms. The predicted octanol–water partition coefficient (Wildman–Crippen LogP) is 5.33. The lowest BCUT2D eigenvalue weighted by Gasteiger charge is -2.36. The maximum Gasteiger partial charge on any atom is 0.250 e. The minimum absolute atomic E-state index is 0.234. The van der Waals surface area contributed by atoms with Crippen molar-refractivity contribution in [1.82, 2.24) is 0 Å². The molecular formula is C18H28O2Si. The van der Waals surface area contributed by atoms with Crippen molar-refractivity contribution in [2.75, 3.05) is 7.11 Å². The van der Waals surface area contributed by atoms with Crippen molar-refractivity contribution < 1.29 is 9.16 Å². The Balaban J connectivity index is 1.99. The molecule has 116 valence electrons. The van der Waals surface area contributed by atoms with Crippen LogP contribution in [0.25, 0.3) is 0 Å². The molecule has 3 heteroatoms. The van der Waals surface area contributed by atoms with Gasteiger partial charge in [0.05, 0.1) is 13.4 Å². The van der Waals surface area contributed by atoms with E-state index in [1.165, 1.54) is 12.0 Å². The van der Waals surface area contributed by atoms with Crippen molar-refractivity contribution in [3.63, 3.8) is 0 Å². The Morgan fingerprint density at radius 2 is 1.76 bits per heavy atom. The third-order valence-corrected chi connectivity index (χ3v) is 9.15. The summed E-state index contributed by atoms with van der Waals surface area (Å²) in [5.41, 5.74) is 1.41. The molecule has 1 aromatic carbocycles. The van der Waals surface area contributed by atoms with Crippen LogP contribution in [0.2, 0.25) is 18.1 Å². The maximum atomic E-state index is 6.32. The molecule has 1 fully saturated rings. The SMILES string of the molecule is COC=CC1CC1c1ccc(O[Si](C)(C)C(C)(C)C)cc1. The van der Waals surface area contributed by atoms with Gasteiger partial charge < -0.3 is 9.16 Å². The van der Waals surface area contributed by atoms with Crippen LogP contribution in [0.15, 0.2) is 36.6 Å². The molecule has 0 bridgehead atoms. The Morgan fingerprint density at radius 1 is 1.14 bits per heavy atom. The van der Waals surface area contributed by atoms with Gasteiger partial charge in [0.15, 0.2) is 0 Å². The molecular weight excluding hydrogens is 276 g/mol. The average molecular weight is 305 g/mol. The fourth-order valence-electron chi connectivity index (χ4n) is 2.22. The van der Waals surface area contributed by atoms with Gasteiger partial charge in [-0.1, -0.05) is 32.9 Å². The van der Waals surface area contributed by atoms with Crippen LogP contribution in [0.4, 0.5) is 0 Å². The van der Waals surface area contributed by atoms with Crippen molar-refractivity contribution >= 4 is 8.32 Å². The van der Waals surface area contributed by atoms with E-state index in [4.69, 9.17) is 9.16 Å². The zero-order chi connectivity index (χ0) is 15.7. The molecule has 0 saturated heterocycles. The summed E-state index contributed by atoms with van der Waals surface area (Å²) in [6, 6.07) is 8.69. The quantitative estimate of drug-likeness (QED) is 0.540. The van der Waals surface area contributed by atoms with Gasteiger partial charge in [0.2, 0.25) is 8.32 Å². The Bertz CT molecular complexity index is 497. The molecule has 1 aliphatic carbocycles. The van der Waals surface area contributed by atoms with Crippen LogP contribution in [-0.4, -0.2) is 15.4 Å². The second kappa shape index (κ2) is 5.88. The molecule has 0 radical (unpaired) electrons. The molecule has 0 aliphatic heterocycles. The Labute approximate surface area is 130 Å². The summed E-state index contributed by atoms with van der Waals surface area (Å²) in [5.74, 6) is 2.30. The largest absolute Gasteiger partial charge is 0.544 e. The van der Waals surface area contributed by atoms with Gasteiger partial charge in [-0.25, -0.2) is 0 Å². The molecule has 2 unspecified atom stereocenters. The van der Waals surface area contributed by atoms with Gasteiger partial charge in [-0.3, -0.25) is 0 Å². The first-order valence-electron chi connectivity index (χ1n) is 7.73. The van der Waals surface area contributed by atoms with Gasteiger partial charge in [0, 0.05) is 0 Å². The third-order valence-electron chi connectivity index (χ3n) is 4.79. The van der Waals surface area contributed by atoms with E-state index >= 15 is 0 Å². The van der Waals surface area contributed by atoms with Crippen LogP contribution in [-0.2, 0) is 4.74 Å². The van der Waals surface area contributed by atoms with Crippen LogP contribution in [0.1, 0.15) is 38.7 Å². The highest BCUT2D eigenvalue weighted by atomic mass is 28.4. The molecule has 1 aromatic rings. The zero-order valence-corrected chi connectivity index (χ0v) is 15.1. The summed E-state index contributed by atoms with van der Waals surface area (Å²) in [6.45, 7) is 11.4. The van der Waals surface area contributed by atoms with Crippen molar-refractivity contribution in [3.05, 3.63) is 42.2 Å². The Kier molecular flexibility index (Phi) is 4.52. The lowest BCUT2D eigenvalue weighted by Crippen LogP contribution is -2.43. The normalized spacial score (nSPS) is 22.4. The summed E-state index contributed by atoms with van der Waals surface area (Å²) >= 11 is 0. The number of methoxy groups -OCH3 is 1. The molecule has 0 spiro atoms. The Morgan fingerprint density at radius 3 is 2.29 bits per heavy atom. The monoisotopic (exact) mass is 304 g/mol. The summed E-state index contributed by atoms with van der Waals surface area (Å²) < 4.78 is 11.3. The molecule has 0 amide bonds. The van der Waals surface area contributed by atoms with E-state index < -0.39 is 8.32 Å². The van der Waals surface area contributed by atoms with E-state index in [9.17, 15) is 0 Å². The van der Waals surface area contributed by atoms with E-state index in [-0.39, 0.29) is 5.04 Å². The fourth-order valence-corrected chi connectivity index (χ4v) is 3.25. The van der Waals surface area contributed by atoms with Crippen LogP contribution >= 0.6 is 0 Å². The number of ether oxygens (including phenoxy) is 1. The molecule has 2 atom stereocenters. The van der Waals surface area contributed by atoms with Crippen LogP contribution in [0.3, 0.4) is 0 Å². The standard InChI is InChI=1S/C18H28O2Si/c1-18(2,3)21(5,6)20-16-9-7-14(8-10-16)17-13-15(17)11-12-19-4/h7-12,15,17H,13H2,1-6H3. The number of hydrogen-bond acceptors (Lipinski definition) is 2. The van der Waals surface area contributed by atoms with E-state index in [0.717, 1.165) is 5.75 Å². The van der Waals surface area contributed by atoms with Gasteiger partial charge in [-0.05, 0) is 60.2 Å². The number of rotatable bonds is 5. The van der Waals surface area contributed by atoms with Gasteiger partial charge >= 0.3 is 0 Å². The lowest BCUT2D eigenvalue weighted by atomic mass is 10.1. The van der Waals surface area contributed by atoms with E-state index in [2.05, 4.69) is 64.2 Å². The van der Waals surface area contributed by atoms with Crippen LogP contribution in [0.5, 0.6) is 5.75 Å². The first-order valence-corrected chi connectivity index (χ1v) is 10.6. The molecule has 0 aromatic heterocycles. The first-order chi connectivity index (χ1) is 9.74. The van der Waals surface area contributed by atoms with E-state index in [1.807, 2.05) is 0 Å². The highest BCUT2D eigenvalue weighted by molar-refractivity contribution is 6.74. The van der Waals surface area contributed by atoms with Gasteiger partial charge in [-0.2, -0.15) is 0 Å². The maximum absolute atomic E-state index is 6.32. The average Bonchev–Trinajstić information content (AvgIpc) is 3.15. The van der Waals surface area contributed by atoms with E-state index in [0.29, 0.717) is 11.8 Å². The smallest absolute Gasteiger partial charge is 0.250 e. The molecule has 0 heterocycles. The highest BCUT2D eigenvalue weighted by Gasteiger charge is 2.39. The zero-order valence-electron chi connectivity index (χ0n) is 14.1. The van der Waals surface area contributed by atoms with E-state index in [1.54, 1.807) is 13.4 Å². The third kappa shape index (κ3) is 3.91. The van der Waals surface area contributed by atoms with Crippen LogP contribution in [0, 0.1) is 5.92 Å². The summed E-state index contributed by atoms with van der Waals surface area (Å²) in [5, 5.41) is 0.234. The predicted molar refractivity (Wildman–Crippen MR) is 91.3 cm³/mol. The molecule has 1 saturated carbocycles. The van der Waals surface area contributed by atoms with Crippen molar-refractivity contribution in [3.8, 4) is 5.75 Å². The van der Waals surface area contributed by atoms with Crippen LogP contribution < -0.4 is 4.43 Å². The van der Waals surface area contributed by atoms with Crippen molar-refractivity contribution in [2.45, 2.75) is 51.2 Å². The minimum atomic E-state index is -1.73. The summed E-state index contributed by atoms with van der Waals surface area (Å²) in [4.78, 5) is 0. The second-order valence-electron chi connectivity index (χ2n) is 7.50. The Hall–Kier alpha value is -1.22. The number of benzene rings is 1.